The van der Waals surface area contributed by atoms with Crippen molar-refractivity contribution in [3.63, 3.8) is 0 Å². The summed E-state index contributed by atoms with van der Waals surface area (Å²) in [5, 5.41) is 0. The summed E-state index contributed by atoms with van der Waals surface area (Å²) >= 11 is 0. The Bertz CT molecular complexity index is 1070. The predicted octanol–water partition coefficient (Wildman–Crippen LogP) is 4.62. The molecule has 0 radical (unpaired) electrons. The van der Waals surface area contributed by atoms with Gasteiger partial charge in [-0.15, -0.1) is 6.58 Å². The molecule has 0 bridgehead atoms. The molecule has 5 heteroatoms. The van der Waals surface area contributed by atoms with Gasteiger partial charge in [-0.25, -0.2) is 4.98 Å². The molecule has 1 saturated heterocycles. The molecule has 1 amide bonds. The van der Waals surface area contributed by atoms with Gasteiger partial charge < -0.3 is 14.2 Å². The molecule has 0 unspecified atom stereocenters. The van der Waals surface area contributed by atoms with Crippen LogP contribution in [-0.4, -0.2) is 40.1 Å². The number of ether oxygens (including phenoxy) is 1. The minimum absolute atomic E-state index is 0.116. The van der Waals surface area contributed by atoms with E-state index < -0.39 is 0 Å². The zero-order valence-corrected chi connectivity index (χ0v) is 17.8. The number of carbonyl (C=O) groups excluding carboxylic acids is 1. The van der Waals surface area contributed by atoms with Gasteiger partial charge in [0.2, 0.25) is 5.91 Å². The molecule has 30 heavy (non-hydrogen) atoms. The van der Waals surface area contributed by atoms with Crippen molar-refractivity contribution >= 4 is 16.9 Å². The number of benzene rings is 2. The molecule has 1 atom stereocenters. The molecule has 2 aromatic carbocycles. The van der Waals surface area contributed by atoms with Crippen LogP contribution in [0.15, 0.2) is 55.1 Å². The van der Waals surface area contributed by atoms with Crippen molar-refractivity contribution in [1.29, 1.82) is 0 Å². The number of imidazole rings is 1. The van der Waals surface area contributed by atoms with Crippen LogP contribution >= 0.6 is 0 Å². The van der Waals surface area contributed by atoms with Gasteiger partial charge in [0.1, 0.15) is 11.6 Å². The van der Waals surface area contributed by atoms with Crippen LogP contribution in [0.25, 0.3) is 11.0 Å². The summed E-state index contributed by atoms with van der Waals surface area (Å²) in [6.07, 6.45) is 3.17. The number of aromatic nitrogens is 2. The number of fused-ring (bicyclic) bond motifs is 1. The van der Waals surface area contributed by atoms with Crippen molar-refractivity contribution in [2.45, 2.75) is 39.2 Å². The predicted molar refractivity (Wildman–Crippen MR) is 120 cm³/mol. The fourth-order valence-corrected chi connectivity index (χ4v) is 4.28. The molecular formula is C25H29N3O2. The quantitative estimate of drug-likeness (QED) is 0.407. The highest BCUT2D eigenvalue weighted by Gasteiger charge is 2.33. The number of nitrogens with zero attached hydrogens (tertiary/aromatic N) is 3. The first-order valence-electron chi connectivity index (χ1n) is 10.6. The first-order valence-corrected chi connectivity index (χ1v) is 10.6. The number of likely N-dealkylation sites (tertiary alicyclic amines) is 1. The first kappa shape index (κ1) is 20.2. The van der Waals surface area contributed by atoms with Crippen molar-refractivity contribution < 1.29 is 9.53 Å². The molecule has 156 valence electrons. The molecule has 1 aliphatic rings. The van der Waals surface area contributed by atoms with Crippen LogP contribution in [0.3, 0.4) is 0 Å². The SMILES string of the molecule is C=CCN1C[C@H](c2nc3ccccc3n2CCCOc2ccc(C)cc2C)CC1=O. The highest BCUT2D eigenvalue weighted by molar-refractivity contribution is 5.81. The number of rotatable bonds is 8. The van der Waals surface area contributed by atoms with E-state index in [2.05, 4.69) is 43.2 Å². The summed E-state index contributed by atoms with van der Waals surface area (Å²) in [7, 11) is 0. The maximum absolute atomic E-state index is 12.4. The summed E-state index contributed by atoms with van der Waals surface area (Å²) in [4.78, 5) is 19.1. The van der Waals surface area contributed by atoms with Gasteiger partial charge in [-0.05, 0) is 44.0 Å². The zero-order valence-electron chi connectivity index (χ0n) is 17.8. The third-order valence-electron chi connectivity index (χ3n) is 5.73. The maximum atomic E-state index is 12.4. The van der Waals surface area contributed by atoms with Crippen LogP contribution in [0.1, 0.15) is 35.7 Å². The molecule has 3 aromatic rings. The van der Waals surface area contributed by atoms with E-state index in [1.165, 1.54) is 5.56 Å². The van der Waals surface area contributed by atoms with Crippen molar-refractivity contribution in [3.05, 3.63) is 72.1 Å². The summed E-state index contributed by atoms with van der Waals surface area (Å²) in [6, 6.07) is 14.5. The Balaban J connectivity index is 1.49. The molecule has 5 nitrogen and oxygen atoms in total. The molecule has 1 aliphatic heterocycles. The van der Waals surface area contributed by atoms with Gasteiger partial charge in [0.05, 0.1) is 17.6 Å². The molecule has 2 heterocycles. The van der Waals surface area contributed by atoms with Gasteiger partial charge in [0.25, 0.3) is 0 Å². The second-order valence-electron chi connectivity index (χ2n) is 8.07. The molecule has 0 saturated carbocycles. The lowest BCUT2D eigenvalue weighted by molar-refractivity contribution is -0.127. The summed E-state index contributed by atoms with van der Waals surface area (Å²) in [6.45, 7) is 10.7. The monoisotopic (exact) mass is 403 g/mol. The topological polar surface area (TPSA) is 47.4 Å². The van der Waals surface area contributed by atoms with Crippen molar-refractivity contribution in [2.24, 2.45) is 0 Å². The Labute approximate surface area is 178 Å². The third-order valence-corrected chi connectivity index (χ3v) is 5.73. The van der Waals surface area contributed by atoms with Gasteiger partial charge >= 0.3 is 0 Å². The Morgan fingerprint density at radius 1 is 1.23 bits per heavy atom. The lowest BCUT2D eigenvalue weighted by Gasteiger charge is -2.16. The van der Waals surface area contributed by atoms with Crippen LogP contribution < -0.4 is 4.74 Å². The van der Waals surface area contributed by atoms with Crippen LogP contribution in [-0.2, 0) is 11.3 Å². The first-order chi connectivity index (χ1) is 14.6. The van der Waals surface area contributed by atoms with Crippen molar-refractivity contribution in [3.8, 4) is 5.75 Å². The second kappa shape index (κ2) is 8.74. The lowest BCUT2D eigenvalue weighted by Crippen LogP contribution is -2.25. The number of amides is 1. The number of hydrogen-bond donors (Lipinski definition) is 0. The number of hydrogen-bond acceptors (Lipinski definition) is 3. The van der Waals surface area contributed by atoms with Crippen LogP contribution in [0.4, 0.5) is 0 Å². The fraction of sp³-hybridized carbons (Fsp3) is 0.360. The van der Waals surface area contributed by atoms with E-state index in [-0.39, 0.29) is 11.8 Å². The summed E-state index contributed by atoms with van der Waals surface area (Å²) in [5.41, 5.74) is 4.51. The van der Waals surface area contributed by atoms with Gasteiger partial charge in [-0.2, -0.15) is 0 Å². The molecule has 1 aromatic heterocycles. The van der Waals surface area contributed by atoms with E-state index in [1.54, 1.807) is 6.08 Å². The number of aryl methyl sites for hydroxylation is 3. The Kier molecular flexibility index (Phi) is 5.88. The maximum Gasteiger partial charge on any atom is 0.223 e. The summed E-state index contributed by atoms with van der Waals surface area (Å²) < 4.78 is 8.30. The normalized spacial score (nSPS) is 16.4. The van der Waals surface area contributed by atoms with E-state index in [0.717, 1.165) is 41.1 Å². The second-order valence-corrected chi connectivity index (χ2v) is 8.07. The Hall–Kier alpha value is -3.08. The van der Waals surface area contributed by atoms with Crippen molar-refractivity contribution in [1.82, 2.24) is 14.5 Å². The average Bonchev–Trinajstić information content (AvgIpc) is 3.27. The zero-order chi connectivity index (χ0) is 21.1. The average molecular weight is 404 g/mol. The van der Waals surface area contributed by atoms with Gasteiger partial charge in [0, 0.05) is 32.0 Å². The number of carbonyl (C=O) groups is 1. The minimum Gasteiger partial charge on any atom is -0.493 e. The fourth-order valence-electron chi connectivity index (χ4n) is 4.28. The molecule has 1 fully saturated rings. The van der Waals surface area contributed by atoms with Gasteiger partial charge in [-0.3, -0.25) is 4.79 Å². The van der Waals surface area contributed by atoms with E-state index in [0.29, 0.717) is 26.1 Å². The third kappa shape index (κ3) is 4.11. The largest absolute Gasteiger partial charge is 0.493 e. The minimum atomic E-state index is 0.116. The molecule has 0 N–H and O–H groups in total. The van der Waals surface area contributed by atoms with E-state index in [1.807, 2.05) is 29.2 Å². The Morgan fingerprint density at radius 2 is 2.07 bits per heavy atom. The highest BCUT2D eigenvalue weighted by atomic mass is 16.5. The molecule has 0 aliphatic carbocycles. The van der Waals surface area contributed by atoms with Crippen LogP contribution in [0, 0.1) is 13.8 Å². The molecule has 0 spiro atoms. The van der Waals surface area contributed by atoms with Crippen molar-refractivity contribution in [2.75, 3.05) is 19.7 Å². The van der Waals surface area contributed by atoms with Gasteiger partial charge in [-0.1, -0.05) is 35.9 Å². The van der Waals surface area contributed by atoms with Crippen LogP contribution in [0.5, 0.6) is 5.75 Å². The molecule has 4 rings (SSSR count). The number of para-hydroxylation sites is 2. The van der Waals surface area contributed by atoms with E-state index >= 15 is 0 Å². The highest BCUT2D eigenvalue weighted by Crippen LogP contribution is 2.30. The van der Waals surface area contributed by atoms with E-state index in [4.69, 9.17) is 9.72 Å². The smallest absolute Gasteiger partial charge is 0.223 e. The molecular weight excluding hydrogens is 374 g/mol. The standard InChI is InChI=1S/C25H29N3O2/c1-4-12-27-17-20(16-24(27)29)25-26-21-8-5-6-9-22(21)28(25)13-7-14-30-23-11-10-18(2)15-19(23)3/h4-6,8-11,15,20H,1,7,12-14,16-17H2,2-3H3/t20-/m1/s1. The summed E-state index contributed by atoms with van der Waals surface area (Å²) in [5.74, 6) is 2.24. The lowest BCUT2D eigenvalue weighted by atomic mass is 10.1. The van der Waals surface area contributed by atoms with E-state index in [9.17, 15) is 4.79 Å². The van der Waals surface area contributed by atoms with Crippen LogP contribution in [0.2, 0.25) is 0 Å². The Morgan fingerprint density at radius 3 is 2.87 bits per heavy atom. The van der Waals surface area contributed by atoms with Gasteiger partial charge in [0.15, 0.2) is 0 Å².